The van der Waals surface area contributed by atoms with Crippen LogP contribution in [-0.2, 0) is 0 Å². The predicted octanol–water partition coefficient (Wildman–Crippen LogP) is 3.63. The van der Waals surface area contributed by atoms with Crippen LogP contribution in [0.3, 0.4) is 0 Å². The quantitative estimate of drug-likeness (QED) is 0.797. The highest BCUT2D eigenvalue weighted by molar-refractivity contribution is 9.10. The summed E-state index contributed by atoms with van der Waals surface area (Å²) in [5.74, 6) is -0.513. The first-order valence-corrected chi connectivity index (χ1v) is 7.19. The van der Waals surface area contributed by atoms with E-state index in [-0.39, 0.29) is 17.8 Å². The van der Waals surface area contributed by atoms with E-state index in [1.807, 2.05) is 0 Å². The Balaban J connectivity index is 2.09. The van der Waals surface area contributed by atoms with Crippen molar-refractivity contribution in [1.82, 2.24) is 5.32 Å². The van der Waals surface area contributed by atoms with Crippen LogP contribution < -0.4 is 5.32 Å². The smallest absolute Gasteiger partial charge is 0.252 e. The van der Waals surface area contributed by atoms with Crippen LogP contribution in [0.4, 0.5) is 4.39 Å². The molecule has 0 spiro atoms. The Morgan fingerprint density at radius 2 is 2.18 bits per heavy atom. The molecule has 2 unspecified atom stereocenters. The molecule has 92 valence electrons. The zero-order valence-electron chi connectivity index (χ0n) is 9.05. The number of nitrogens with one attached hydrogen (secondary N) is 1. The van der Waals surface area contributed by atoms with Crippen molar-refractivity contribution in [3.8, 4) is 0 Å². The highest BCUT2D eigenvalue weighted by Gasteiger charge is 2.26. The number of benzene rings is 1. The standard InChI is InChI=1S/C12H12Br2FNO/c13-9-2-1-3-11(9)16-12(17)8-5-4-7(15)6-10(8)14/h4-6,9,11H,1-3H2,(H,16,17). The Morgan fingerprint density at radius 3 is 2.76 bits per heavy atom. The predicted molar refractivity (Wildman–Crippen MR) is 71.9 cm³/mol. The van der Waals surface area contributed by atoms with Gasteiger partial charge in [0, 0.05) is 15.3 Å². The molecule has 0 aromatic heterocycles. The second kappa shape index (κ2) is 5.48. The molecular formula is C12H12Br2FNO. The number of carbonyl (C=O) groups is 1. The van der Waals surface area contributed by atoms with Crippen LogP contribution in [0.25, 0.3) is 0 Å². The number of hydrogen-bond acceptors (Lipinski definition) is 1. The normalized spacial score (nSPS) is 23.7. The van der Waals surface area contributed by atoms with Gasteiger partial charge in [0.15, 0.2) is 0 Å². The van der Waals surface area contributed by atoms with Crippen LogP contribution in [0.15, 0.2) is 22.7 Å². The molecule has 1 saturated carbocycles. The summed E-state index contributed by atoms with van der Waals surface area (Å²) in [4.78, 5) is 12.3. The van der Waals surface area contributed by atoms with Crippen LogP contribution in [0.1, 0.15) is 29.6 Å². The summed E-state index contributed by atoms with van der Waals surface area (Å²) >= 11 is 6.75. The largest absolute Gasteiger partial charge is 0.348 e. The van der Waals surface area contributed by atoms with Crippen LogP contribution in [-0.4, -0.2) is 16.8 Å². The van der Waals surface area contributed by atoms with Crippen molar-refractivity contribution < 1.29 is 9.18 Å². The molecule has 0 saturated heterocycles. The minimum atomic E-state index is -0.354. The minimum absolute atomic E-state index is 0.159. The van der Waals surface area contributed by atoms with Gasteiger partial charge in [0.05, 0.1) is 5.56 Å². The van der Waals surface area contributed by atoms with Gasteiger partial charge in [-0.1, -0.05) is 22.4 Å². The molecule has 5 heteroatoms. The maximum absolute atomic E-state index is 12.9. The Kier molecular flexibility index (Phi) is 4.20. The molecule has 1 fully saturated rings. The Bertz CT molecular complexity index is 439. The molecular weight excluding hydrogens is 353 g/mol. The van der Waals surface area contributed by atoms with Gasteiger partial charge in [-0.05, 0) is 47.0 Å². The molecule has 2 atom stereocenters. The van der Waals surface area contributed by atoms with Crippen molar-refractivity contribution in [1.29, 1.82) is 0 Å². The molecule has 17 heavy (non-hydrogen) atoms. The van der Waals surface area contributed by atoms with Crippen molar-refractivity contribution in [2.45, 2.75) is 30.1 Å². The van der Waals surface area contributed by atoms with Gasteiger partial charge in [0.1, 0.15) is 5.82 Å². The SMILES string of the molecule is O=C(NC1CCCC1Br)c1ccc(F)cc1Br. The third-order valence-corrected chi connectivity index (χ3v) is 4.68. The average molecular weight is 365 g/mol. The third-order valence-electron chi connectivity index (χ3n) is 2.92. The van der Waals surface area contributed by atoms with Crippen LogP contribution >= 0.6 is 31.9 Å². The molecule has 1 aliphatic rings. The summed E-state index contributed by atoms with van der Waals surface area (Å²) in [7, 11) is 0. The summed E-state index contributed by atoms with van der Waals surface area (Å²) in [5, 5.41) is 2.97. The Morgan fingerprint density at radius 1 is 1.41 bits per heavy atom. The lowest BCUT2D eigenvalue weighted by Gasteiger charge is -2.16. The number of alkyl halides is 1. The van der Waals surface area contributed by atoms with Gasteiger partial charge < -0.3 is 5.32 Å². The zero-order chi connectivity index (χ0) is 12.4. The van der Waals surface area contributed by atoms with Crippen molar-refractivity contribution >= 4 is 37.8 Å². The van der Waals surface area contributed by atoms with E-state index in [2.05, 4.69) is 37.2 Å². The van der Waals surface area contributed by atoms with E-state index in [0.29, 0.717) is 14.9 Å². The van der Waals surface area contributed by atoms with Gasteiger partial charge in [0.25, 0.3) is 5.91 Å². The van der Waals surface area contributed by atoms with E-state index in [0.717, 1.165) is 19.3 Å². The van der Waals surface area contributed by atoms with E-state index >= 15 is 0 Å². The third kappa shape index (κ3) is 3.07. The molecule has 0 aliphatic heterocycles. The van der Waals surface area contributed by atoms with Gasteiger partial charge in [0.2, 0.25) is 0 Å². The van der Waals surface area contributed by atoms with E-state index in [9.17, 15) is 9.18 Å². The van der Waals surface area contributed by atoms with Gasteiger partial charge in [-0.15, -0.1) is 0 Å². The second-order valence-electron chi connectivity index (χ2n) is 4.15. The number of carbonyl (C=O) groups excluding carboxylic acids is 1. The molecule has 2 nitrogen and oxygen atoms in total. The van der Waals surface area contributed by atoms with E-state index in [1.54, 1.807) is 0 Å². The van der Waals surface area contributed by atoms with Gasteiger partial charge >= 0.3 is 0 Å². The van der Waals surface area contributed by atoms with Crippen molar-refractivity contribution in [2.24, 2.45) is 0 Å². The second-order valence-corrected chi connectivity index (χ2v) is 6.18. The van der Waals surface area contributed by atoms with Gasteiger partial charge in [-0.2, -0.15) is 0 Å². The van der Waals surface area contributed by atoms with Crippen LogP contribution in [0, 0.1) is 5.82 Å². The lowest BCUT2D eigenvalue weighted by Crippen LogP contribution is -2.37. The van der Waals surface area contributed by atoms with Crippen molar-refractivity contribution in [3.63, 3.8) is 0 Å². The van der Waals surface area contributed by atoms with Crippen LogP contribution in [0.5, 0.6) is 0 Å². The molecule has 0 radical (unpaired) electrons. The van der Waals surface area contributed by atoms with E-state index in [4.69, 9.17) is 0 Å². The number of hydrogen-bond donors (Lipinski definition) is 1. The Labute approximate surface area is 116 Å². The first-order chi connectivity index (χ1) is 8.08. The van der Waals surface area contributed by atoms with Gasteiger partial charge in [-0.3, -0.25) is 4.79 Å². The molecule has 1 aromatic carbocycles. The highest BCUT2D eigenvalue weighted by Crippen LogP contribution is 2.26. The summed E-state index contributed by atoms with van der Waals surface area (Å²) < 4.78 is 13.4. The average Bonchev–Trinajstić information content (AvgIpc) is 2.64. The summed E-state index contributed by atoms with van der Waals surface area (Å²) in [6, 6.07) is 4.25. The molecule has 1 N–H and O–H groups in total. The number of amides is 1. The van der Waals surface area contributed by atoms with E-state index in [1.165, 1.54) is 18.2 Å². The molecule has 1 amide bonds. The molecule has 1 aliphatic carbocycles. The monoisotopic (exact) mass is 363 g/mol. The first-order valence-electron chi connectivity index (χ1n) is 5.48. The summed E-state index contributed by atoms with van der Waals surface area (Å²) in [6.07, 6.45) is 3.18. The first kappa shape index (κ1) is 13.0. The number of rotatable bonds is 2. The fourth-order valence-electron chi connectivity index (χ4n) is 2.00. The topological polar surface area (TPSA) is 29.1 Å². The summed E-state index contributed by atoms with van der Waals surface area (Å²) in [5.41, 5.74) is 0.470. The van der Waals surface area contributed by atoms with E-state index < -0.39 is 0 Å². The lowest BCUT2D eigenvalue weighted by molar-refractivity contribution is 0.0938. The molecule has 0 bridgehead atoms. The van der Waals surface area contributed by atoms with Crippen LogP contribution in [0.2, 0.25) is 0 Å². The molecule has 2 rings (SSSR count). The summed E-state index contributed by atoms with van der Waals surface area (Å²) in [6.45, 7) is 0. The molecule has 0 heterocycles. The maximum Gasteiger partial charge on any atom is 0.252 e. The lowest BCUT2D eigenvalue weighted by atomic mass is 10.2. The molecule has 1 aromatic rings. The Hall–Kier alpha value is -0.420. The van der Waals surface area contributed by atoms with Gasteiger partial charge in [-0.25, -0.2) is 4.39 Å². The fraction of sp³-hybridized carbons (Fsp3) is 0.417. The number of halogens is 3. The highest BCUT2D eigenvalue weighted by atomic mass is 79.9. The zero-order valence-corrected chi connectivity index (χ0v) is 12.2. The fourth-order valence-corrected chi connectivity index (χ4v) is 3.25. The minimum Gasteiger partial charge on any atom is -0.348 e. The van der Waals surface area contributed by atoms with Crippen molar-refractivity contribution in [3.05, 3.63) is 34.1 Å². The van der Waals surface area contributed by atoms with Crippen molar-refractivity contribution in [2.75, 3.05) is 0 Å². The maximum atomic E-state index is 12.9.